The van der Waals surface area contributed by atoms with Gasteiger partial charge in [-0.1, -0.05) is 11.6 Å². The molecule has 25 heavy (non-hydrogen) atoms. The Morgan fingerprint density at radius 3 is 2.48 bits per heavy atom. The summed E-state index contributed by atoms with van der Waals surface area (Å²) >= 11 is 6.17. The second-order valence-electron chi connectivity index (χ2n) is 5.48. The molecule has 2 aromatic rings. The number of anilines is 2. The smallest absolute Gasteiger partial charge is 0.248 e. The number of nitrogens with two attached hydrogens (primary N) is 1. The van der Waals surface area contributed by atoms with Gasteiger partial charge >= 0.3 is 0 Å². The predicted molar refractivity (Wildman–Crippen MR) is 101 cm³/mol. The Labute approximate surface area is 157 Å². The number of nitrogens with zero attached hydrogens (tertiary/aromatic N) is 2. The Bertz CT molecular complexity index is 776. The second kappa shape index (κ2) is 8.84. The molecule has 0 spiro atoms. The van der Waals surface area contributed by atoms with E-state index in [4.69, 9.17) is 17.3 Å². The number of hydrogen-bond acceptors (Lipinski definition) is 4. The number of hydrogen-bond donors (Lipinski definition) is 3. The van der Waals surface area contributed by atoms with Crippen LogP contribution in [0.15, 0.2) is 24.3 Å². The number of halogens is 2. The van der Waals surface area contributed by atoms with Crippen molar-refractivity contribution in [2.24, 2.45) is 5.73 Å². The molecule has 2 amide bonds. The molecule has 0 aliphatic rings. The molecule has 1 unspecified atom stereocenters. The van der Waals surface area contributed by atoms with Crippen molar-refractivity contribution >= 4 is 47.2 Å². The van der Waals surface area contributed by atoms with Crippen molar-refractivity contribution in [2.45, 2.75) is 26.8 Å². The second-order valence-corrected chi connectivity index (χ2v) is 5.89. The highest BCUT2D eigenvalue weighted by Gasteiger charge is 2.19. The number of carbonyl (C=O) groups excluding carboxylic acids is 2. The van der Waals surface area contributed by atoms with Crippen molar-refractivity contribution in [1.29, 1.82) is 0 Å². The first-order chi connectivity index (χ1) is 11.3. The minimum Gasteiger partial charge on any atom is -0.325 e. The molecule has 0 aliphatic heterocycles. The highest BCUT2D eigenvalue weighted by atomic mass is 35.5. The Morgan fingerprint density at radius 1 is 1.28 bits per heavy atom. The number of amides is 2. The molecular formula is C16H21Cl2N5O2. The molecule has 4 N–H and O–H groups in total. The van der Waals surface area contributed by atoms with Gasteiger partial charge in [0.2, 0.25) is 11.8 Å². The number of nitrogens with one attached hydrogen (secondary N) is 2. The van der Waals surface area contributed by atoms with Crippen molar-refractivity contribution in [3.63, 3.8) is 0 Å². The predicted octanol–water partition coefficient (Wildman–Crippen LogP) is 2.67. The van der Waals surface area contributed by atoms with Gasteiger partial charge < -0.3 is 16.4 Å². The standard InChI is InChI=1S/C16H20ClN5O2.ClH/c1-9-6-10(2)22(21-9)11(3)16(24)20-14-5-4-12(7-13(14)17)19-15(23)8-18;/h4-7,11H,8,18H2,1-3H3,(H,19,23)(H,20,24);1H. The third-order valence-corrected chi connectivity index (χ3v) is 3.80. The third kappa shape index (κ3) is 5.19. The molecular weight excluding hydrogens is 365 g/mol. The number of aryl methyl sites for hydroxylation is 2. The first-order valence-electron chi connectivity index (χ1n) is 7.45. The summed E-state index contributed by atoms with van der Waals surface area (Å²) in [6.07, 6.45) is 0. The van der Waals surface area contributed by atoms with E-state index in [0.29, 0.717) is 16.4 Å². The topological polar surface area (TPSA) is 102 Å². The van der Waals surface area contributed by atoms with Crippen LogP contribution in [0.2, 0.25) is 5.02 Å². The van der Waals surface area contributed by atoms with Gasteiger partial charge in [-0.05, 0) is 45.0 Å². The summed E-state index contributed by atoms with van der Waals surface area (Å²) in [6, 6.07) is 6.25. The molecule has 0 saturated heterocycles. The molecule has 2 rings (SSSR count). The molecule has 0 bridgehead atoms. The van der Waals surface area contributed by atoms with Gasteiger partial charge in [0.25, 0.3) is 0 Å². The molecule has 7 nitrogen and oxygen atoms in total. The lowest BCUT2D eigenvalue weighted by Crippen LogP contribution is -2.25. The number of carbonyl (C=O) groups is 2. The molecule has 0 fully saturated rings. The van der Waals surface area contributed by atoms with E-state index in [-0.39, 0.29) is 30.8 Å². The Morgan fingerprint density at radius 2 is 1.96 bits per heavy atom. The molecule has 1 aromatic heterocycles. The van der Waals surface area contributed by atoms with Crippen LogP contribution in [-0.4, -0.2) is 28.1 Å². The first kappa shape index (κ1) is 21.0. The van der Waals surface area contributed by atoms with E-state index in [9.17, 15) is 9.59 Å². The van der Waals surface area contributed by atoms with Crippen LogP contribution in [0.5, 0.6) is 0 Å². The van der Waals surface area contributed by atoms with Crippen LogP contribution < -0.4 is 16.4 Å². The minimum absolute atomic E-state index is 0. The van der Waals surface area contributed by atoms with Crippen LogP contribution in [0.1, 0.15) is 24.4 Å². The number of benzene rings is 1. The maximum atomic E-state index is 12.4. The lowest BCUT2D eigenvalue weighted by molar-refractivity contribution is -0.119. The highest BCUT2D eigenvalue weighted by Crippen LogP contribution is 2.26. The number of rotatable bonds is 5. The van der Waals surface area contributed by atoms with E-state index in [1.165, 1.54) is 0 Å². The van der Waals surface area contributed by atoms with Gasteiger partial charge in [-0.25, -0.2) is 0 Å². The molecule has 0 radical (unpaired) electrons. The zero-order valence-corrected chi connectivity index (χ0v) is 15.7. The van der Waals surface area contributed by atoms with Crippen LogP contribution in [0.3, 0.4) is 0 Å². The summed E-state index contributed by atoms with van der Waals surface area (Å²) < 4.78 is 1.66. The highest BCUT2D eigenvalue weighted by molar-refractivity contribution is 6.34. The first-order valence-corrected chi connectivity index (χ1v) is 7.82. The maximum absolute atomic E-state index is 12.4. The van der Waals surface area contributed by atoms with E-state index in [2.05, 4.69) is 15.7 Å². The van der Waals surface area contributed by atoms with Gasteiger partial charge in [-0.3, -0.25) is 14.3 Å². The number of aromatic nitrogens is 2. The molecule has 1 heterocycles. The quantitative estimate of drug-likeness (QED) is 0.735. The summed E-state index contributed by atoms with van der Waals surface area (Å²) in [4.78, 5) is 23.7. The van der Waals surface area contributed by atoms with Crippen LogP contribution in [0.25, 0.3) is 0 Å². The Balaban J connectivity index is 0.00000312. The van der Waals surface area contributed by atoms with Gasteiger partial charge in [0.1, 0.15) is 6.04 Å². The van der Waals surface area contributed by atoms with Gasteiger partial charge in [-0.2, -0.15) is 5.10 Å². The molecule has 136 valence electrons. The SMILES string of the molecule is Cc1cc(C)n(C(C)C(=O)Nc2ccc(NC(=O)CN)cc2Cl)n1.Cl. The third-order valence-electron chi connectivity index (χ3n) is 3.49. The molecule has 9 heteroatoms. The molecule has 1 atom stereocenters. The van der Waals surface area contributed by atoms with Gasteiger partial charge in [0.05, 0.1) is 22.9 Å². The normalized spacial score (nSPS) is 11.4. The summed E-state index contributed by atoms with van der Waals surface area (Å²) in [5, 5.41) is 10.0. The molecule has 0 saturated carbocycles. The fraction of sp³-hybridized carbons (Fsp3) is 0.312. The Hall–Kier alpha value is -2.09. The van der Waals surface area contributed by atoms with Gasteiger partial charge in [0, 0.05) is 11.4 Å². The summed E-state index contributed by atoms with van der Waals surface area (Å²) in [7, 11) is 0. The van der Waals surface area contributed by atoms with Crippen LogP contribution >= 0.6 is 24.0 Å². The molecule has 0 aliphatic carbocycles. The van der Waals surface area contributed by atoms with Crippen molar-refractivity contribution in [1.82, 2.24) is 9.78 Å². The molecule has 1 aromatic carbocycles. The monoisotopic (exact) mass is 385 g/mol. The fourth-order valence-corrected chi connectivity index (χ4v) is 2.52. The van der Waals surface area contributed by atoms with Crippen molar-refractivity contribution in [2.75, 3.05) is 17.2 Å². The lowest BCUT2D eigenvalue weighted by Gasteiger charge is -2.15. The van der Waals surface area contributed by atoms with E-state index >= 15 is 0 Å². The fourth-order valence-electron chi connectivity index (χ4n) is 2.29. The van der Waals surface area contributed by atoms with E-state index < -0.39 is 6.04 Å². The van der Waals surface area contributed by atoms with E-state index in [0.717, 1.165) is 11.4 Å². The van der Waals surface area contributed by atoms with Crippen LogP contribution in [0.4, 0.5) is 11.4 Å². The van der Waals surface area contributed by atoms with Crippen molar-refractivity contribution in [3.8, 4) is 0 Å². The largest absolute Gasteiger partial charge is 0.325 e. The average Bonchev–Trinajstić information content (AvgIpc) is 2.87. The van der Waals surface area contributed by atoms with Gasteiger partial charge in [0.15, 0.2) is 0 Å². The van der Waals surface area contributed by atoms with Crippen LogP contribution in [0, 0.1) is 13.8 Å². The zero-order valence-electron chi connectivity index (χ0n) is 14.2. The zero-order chi connectivity index (χ0) is 17.9. The maximum Gasteiger partial charge on any atom is 0.248 e. The van der Waals surface area contributed by atoms with E-state index in [1.807, 2.05) is 19.9 Å². The minimum atomic E-state index is -0.480. The summed E-state index contributed by atoms with van der Waals surface area (Å²) in [6.45, 7) is 5.42. The van der Waals surface area contributed by atoms with Crippen LogP contribution in [-0.2, 0) is 9.59 Å². The summed E-state index contributed by atoms with van der Waals surface area (Å²) in [5.41, 5.74) is 7.97. The van der Waals surface area contributed by atoms with Crippen molar-refractivity contribution < 1.29 is 9.59 Å². The van der Waals surface area contributed by atoms with Gasteiger partial charge in [-0.15, -0.1) is 12.4 Å². The summed E-state index contributed by atoms with van der Waals surface area (Å²) in [5.74, 6) is -0.553. The average molecular weight is 386 g/mol. The van der Waals surface area contributed by atoms with Crippen molar-refractivity contribution in [3.05, 3.63) is 40.7 Å². The lowest BCUT2D eigenvalue weighted by atomic mass is 10.2. The Kier molecular flexibility index (Phi) is 7.41. The van der Waals surface area contributed by atoms with E-state index in [1.54, 1.807) is 29.8 Å².